The number of aliphatic hydroxyl groups is 4. The molecule has 0 saturated carbocycles. The molecule has 0 heterocycles. The van der Waals surface area contributed by atoms with E-state index in [1.807, 2.05) is 90.0 Å². The van der Waals surface area contributed by atoms with Crippen molar-refractivity contribution in [3.8, 4) is 0 Å². The van der Waals surface area contributed by atoms with Gasteiger partial charge in [0.2, 0.25) is 0 Å². The highest BCUT2D eigenvalue weighted by atomic mass is 16.3. The average molecular weight is 573 g/mol. The van der Waals surface area contributed by atoms with Gasteiger partial charge in [0.1, 0.15) is 0 Å². The monoisotopic (exact) mass is 573 g/mol. The highest BCUT2D eigenvalue weighted by Gasteiger charge is 2.21. The second-order valence-electron chi connectivity index (χ2n) is 9.47. The zero-order chi connectivity index (χ0) is 34.0. The van der Waals surface area contributed by atoms with Gasteiger partial charge in [-0.25, -0.2) is 0 Å². The summed E-state index contributed by atoms with van der Waals surface area (Å²) >= 11 is 0. The van der Waals surface area contributed by atoms with E-state index in [9.17, 15) is 0 Å². The molecule has 0 rings (SSSR count). The normalized spacial score (nSPS) is 11.0. The topological polar surface area (TPSA) is 80.9 Å². The van der Waals surface area contributed by atoms with Crippen LogP contribution in [0.3, 0.4) is 0 Å². The van der Waals surface area contributed by atoms with Crippen molar-refractivity contribution in [3.63, 3.8) is 0 Å². The van der Waals surface area contributed by atoms with Crippen LogP contribution in [0.25, 0.3) is 0 Å². The lowest BCUT2D eigenvalue weighted by Gasteiger charge is -2.27. The first-order chi connectivity index (χ1) is 18.4. The first kappa shape index (κ1) is 62.5. The molecule has 0 aromatic rings. The van der Waals surface area contributed by atoms with E-state index in [1.54, 1.807) is 0 Å². The second-order valence-corrected chi connectivity index (χ2v) is 9.47. The molecule has 0 bridgehead atoms. The van der Waals surface area contributed by atoms with Gasteiger partial charge in [-0.05, 0) is 55.3 Å². The Hall–Kier alpha value is -0.160. The van der Waals surface area contributed by atoms with Crippen LogP contribution in [0.15, 0.2) is 0 Å². The van der Waals surface area contributed by atoms with Crippen LogP contribution < -0.4 is 0 Å². The lowest BCUT2D eigenvalue weighted by atomic mass is 9.81. The molecule has 0 spiro atoms. The molecule has 0 aliphatic carbocycles. The molecule has 0 aliphatic heterocycles. The van der Waals surface area contributed by atoms with Gasteiger partial charge in [0.25, 0.3) is 0 Å². The van der Waals surface area contributed by atoms with Crippen molar-refractivity contribution in [1.82, 2.24) is 0 Å². The molecule has 4 nitrogen and oxygen atoms in total. The van der Waals surface area contributed by atoms with Crippen molar-refractivity contribution in [2.75, 3.05) is 19.8 Å². The molecule has 0 amide bonds. The fraction of sp³-hybridized carbons (Fsp3) is 1.00. The van der Waals surface area contributed by atoms with Crippen LogP contribution in [-0.4, -0.2) is 46.4 Å². The Bertz CT molecular complexity index is 284. The Morgan fingerprint density at radius 2 is 0.846 bits per heavy atom. The Balaban J connectivity index is -0.0000000414. The van der Waals surface area contributed by atoms with Crippen LogP contribution >= 0.6 is 0 Å². The van der Waals surface area contributed by atoms with Gasteiger partial charge in [-0.15, -0.1) is 0 Å². The Morgan fingerprint density at radius 3 is 0.923 bits per heavy atom. The Labute approximate surface area is 252 Å². The van der Waals surface area contributed by atoms with Crippen LogP contribution in [0.4, 0.5) is 0 Å². The SMILES string of the molecule is CC.CC.CC.CC.CC.CC.CC(C)CC(CO)CO.CCC(C)(CO)CC(C)C.CCC(O)CC(C)C. The van der Waals surface area contributed by atoms with Crippen molar-refractivity contribution < 1.29 is 20.4 Å². The van der Waals surface area contributed by atoms with E-state index in [-0.39, 0.29) is 30.7 Å². The first-order valence-electron chi connectivity index (χ1n) is 16.9. The van der Waals surface area contributed by atoms with Crippen molar-refractivity contribution in [1.29, 1.82) is 0 Å². The fourth-order valence-corrected chi connectivity index (χ4v) is 2.89. The van der Waals surface area contributed by atoms with Crippen LogP contribution in [0.5, 0.6) is 0 Å². The minimum Gasteiger partial charge on any atom is -0.396 e. The molecule has 4 N–H and O–H groups in total. The predicted molar refractivity (Wildman–Crippen MR) is 186 cm³/mol. The summed E-state index contributed by atoms with van der Waals surface area (Å²) in [6, 6.07) is 0. The highest BCUT2D eigenvalue weighted by Crippen LogP contribution is 2.28. The lowest BCUT2D eigenvalue weighted by Crippen LogP contribution is -2.22. The van der Waals surface area contributed by atoms with Gasteiger partial charge >= 0.3 is 0 Å². The predicted octanol–water partition coefficient (Wildman–Crippen LogP) is 11.0. The molecule has 2 atom stereocenters. The number of aliphatic hydroxyl groups excluding tert-OH is 4. The molecule has 4 heteroatoms. The third-order valence-corrected chi connectivity index (χ3v) is 4.67. The van der Waals surface area contributed by atoms with E-state index in [0.717, 1.165) is 32.1 Å². The molecule has 252 valence electrons. The first-order valence-corrected chi connectivity index (χ1v) is 16.9. The van der Waals surface area contributed by atoms with Gasteiger partial charge in [-0.1, -0.05) is 145 Å². The van der Waals surface area contributed by atoms with Crippen LogP contribution in [-0.2, 0) is 0 Å². The van der Waals surface area contributed by atoms with E-state index in [0.29, 0.717) is 24.4 Å². The molecule has 0 fully saturated rings. The highest BCUT2D eigenvalue weighted by molar-refractivity contribution is 4.72. The summed E-state index contributed by atoms with van der Waals surface area (Å²) in [5.74, 6) is 1.97. The van der Waals surface area contributed by atoms with E-state index in [1.165, 1.54) is 0 Å². The minimum atomic E-state index is -0.0741. The quantitative estimate of drug-likeness (QED) is 0.198. The summed E-state index contributed by atoms with van der Waals surface area (Å²) in [6.07, 6.45) is 4.86. The van der Waals surface area contributed by atoms with Gasteiger partial charge in [0.15, 0.2) is 0 Å². The summed E-state index contributed by atoms with van der Waals surface area (Å²) in [5.41, 5.74) is 0.161. The van der Waals surface area contributed by atoms with Crippen LogP contribution in [0.1, 0.15) is 178 Å². The molecule has 2 unspecified atom stereocenters. The molecule has 0 saturated heterocycles. The molecule has 0 aromatic carbocycles. The van der Waals surface area contributed by atoms with E-state index in [2.05, 4.69) is 55.4 Å². The van der Waals surface area contributed by atoms with Crippen molar-refractivity contribution in [2.45, 2.75) is 184 Å². The number of rotatable bonds is 11. The maximum atomic E-state index is 9.03. The van der Waals surface area contributed by atoms with E-state index in [4.69, 9.17) is 20.4 Å². The van der Waals surface area contributed by atoms with Crippen molar-refractivity contribution >= 4 is 0 Å². The van der Waals surface area contributed by atoms with Crippen molar-refractivity contribution in [3.05, 3.63) is 0 Å². The summed E-state index contributed by atoms with van der Waals surface area (Å²) in [4.78, 5) is 0. The average Bonchev–Trinajstić information content (AvgIpc) is 2.97. The van der Waals surface area contributed by atoms with Gasteiger partial charge in [-0.3, -0.25) is 0 Å². The summed E-state index contributed by atoms with van der Waals surface area (Å²) < 4.78 is 0. The Kier molecular flexibility index (Phi) is 98.9. The fourth-order valence-electron chi connectivity index (χ4n) is 2.89. The van der Waals surface area contributed by atoms with E-state index < -0.39 is 0 Å². The molecule has 39 heavy (non-hydrogen) atoms. The third-order valence-electron chi connectivity index (χ3n) is 4.67. The van der Waals surface area contributed by atoms with Gasteiger partial charge < -0.3 is 20.4 Å². The molecular weight excluding hydrogens is 484 g/mol. The Morgan fingerprint density at radius 1 is 0.538 bits per heavy atom. The maximum absolute atomic E-state index is 9.03. The summed E-state index contributed by atoms with van der Waals surface area (Å²) in [5, 5.41) is 35.3. The molecular formula is C35H88O4. The largest absolute Gasteiger partial charge is 0.396 e. The van der Waals surface area contributed by atoms with Gasteiger partial charge in [-0.2, -0.15) is 0 Å². The molecule has 0 radical (unpaired) electrons. The molecule has 0 aromatic heterocycles. The smallest absolute Gasteiger partial charge is 0.0540 e. The van der Waals surface area contributed by atoms with Crippen LogP contribution in [0.2, 0.25) is 0 Å². The summed E-state index contributed by atoms with van der Waals surface area (Å²) in [6.45, 7) is 43.6. The lowest BCUT2D eigenvalue weighted by molar-refractivity contribution is 0.114. The van der Waals surface area contributed by atoms with Crippen LogP contribution in [0, 0.1) is 29.1 Å². The number of hydrogen-bond acceptors (Lipinski definition) is 4. The zero-order valence-electron chi connectivity index (χ0n) is 31.8. The second kappa shape index (κ2) is 61.7. The van der Waals surface area contributed by atoms with Crippen molar-refractivity contribution in [2.24, 2.45) is 29.1 Å². The van der Waals surface area contributed by atoms with Gasteiger partial charge in [0, 0.05) is 25.7 Å². The number of hydrogen-bond donors (Lipinski definition) is 4. The van der Waals surface area contributed by atoms with E-state index >= 15 is 0 Å². The maximum Gasteiger partial charge on any atom is 0.0540 e. The zero-order valence-corrected chi connectivity index (χ0v) is 31.8. The third kappa shape index (κ3) is 78.8. The van der Waals surface area contributed by atoms with Gasteiger partial charge in [0.05, 0.1) is 6.10 Å². The molecule has 0 aliphatic rings. The summed E-state index contributed by atoms with van der Waals surface area (Å²) in [7, 11) is 0. The standard InChI is InChI=1S/C9H20O.C7H16O2.C7H16O.6C2H6/c1-5-9(4,7-10)6-8(2)3;1-6(2)3-7(4-8)5-9;1-4-7(8)5-6(2)3;6*1-2/h8,10H,5-7H2,1-4H3;6-9H,3-5H2,1-2H3;6-8H,4-5H2,1-3H3;6*1-2H3. The minimum absolute atomic E-state index is 0.0741.